The van der Waals surface area contributed by atoms with Gasteiger partial charge in [0.05, 0.1) is 10.4 Å². The zero-order chi connectivity index (χ0) is 18.4. The normalized spacial score (nSPS) is 26.6. The molecule has 2 saturated carbocycles. The zero-order valence-electron chi connectivity index (χ0n) is 16.1. The standard InChI is InChI=1S/C21H28N4OS/c1-2-18-22-20-24(19(26)17-11-8-14-27-17)16-10-5-4-9-15(16)21(25(20)23-18)12-6-3-7-13-21/h8,11,14-16H,2-7,9-10,12-13H2,1H3/t15-,16+/m1/s1. The summed E-state index contributed by atoms with van der Waals surface area (Å²) in [6.45, 7) is 2.10. The van der Waals surface area contributed by atoms with Crippen molar-refractivity contribution in [2.45, 2.75) is 82.7 Å². The van der Waals surface area contributed by atoms with Gasteiger partial charge in [0.2, 0.25) is 5.95 Å². The Kier molecular flexibility index (Phi) is 4.34. The first-order valence-electron chi connectivity index (χ1n) is 10.6. The van der Waals surface area contributed by atoms with Crippen molar-refractivity contribution in [3.8, 4) is 0 Å². The molecule has 0 radical (unpaired) electrons. The molecule has 2 aliphatic carbocycles. The van der Waals surface area contributed by atoms with E-state index in [2.05, 4.69) is 11.6 Å². The molecule has 0 bridgehead atoms. The lowest BCUT2D eigenvalue weighted by Crippen LogP contribution is -2.61. The van der Waals surface area contributed by atoms with E-state index in [0.29, 0.717) is 5.92 Å². The van der Waals surface area contributed by atoms with Crippen molar-refractivity contribution in [2.75, 3.05) is 4.90 Å². The number of aryl methyl sites for hydroxylation is 1. The minimum absolute atomic E-state index is 0.0747. The maximum absolute atomic E-state index is 13.5. The van der Waals surface area contributed by atoms with Gasteiger partial charge in [-0.25, -0.2) is 4.68 Å². The average molecular weight is 385 g/mol. The second-order valence-electron chi connectivity index (χ2n) is 8.37. The van der Waals surface area contributed by atoms with Gasteiger partial charge < -0.3 is 0 Å². The van der Waals surface area contributed by atoms with Gasteiger partial charge in [-0.1, -0.05) is 45.1 Å². The van der Waals surface area contributed by atoms with E-state index in [-0.39, 0.29) is 17.5 Å². The number of carbonyl (C=O) groups is 1. The fourth-order valence-electron chi connectivity index (χ4n) is 5.81. The van der Waals surface area contributed by atoms with Crippen molar-refractivity contribution < 1.29 is 4.79 Å². The molecule has 27 heavy (non-hydrogen) atoms. The minimum atomic E-state index is 0.0747. The third-order valence-electron chi connectivity index (χ3n) is 7.01. The van der Waals surface area contributed by atoms with E-state index >= 15 is 0 Å². The number of hydrogen-bond acceptors (Lipinski definition) is 4. The molecule has 1 aliphatic heterocycles. The van der Waals surface area contributed by atoms with E-state index in [1.165, 1.54) is 62.7 Å². The molecule has 5 nitrogen and oxygen atoms in total. The summed E-state index contributed by atoms with van der Waals surface area (Å²) in [5.41, 5.74) is 0.0747. The molecular weight excluding hydrogens is 356 g/mol. The Labute approximate surface area is 164 Å². The highest BCUT2D eigenvalue weighted by molar-refractivity contribution is 7.12. The molecule has 2 atom stereocenters. The molecule has 0 saturated heterocycles. The van der Waals surface area contributed by atoms with Crippen LogP contribution in [0.1, 0.15) is 80.2 Å². The van der Waals surface area contributed by atoms with Crippen LogP contribution in [0.25, 0.3) is 0 Å². The Morgan fingerprint density at radius 2 is 2.04 bits per heavy atom. The van der Waals surface area contributed by atoms with Crippen LogP contribution in [0.3, 0.4) is 0 Å². The second kappa shape index (κ2) is 6.73. The van der Waals surface area contributed by atoms with Crippen LogP contribution in [0.15, 0.2) is 17.5 Å². The van der Waals surface area contributed by atoms with Crippen molar-refractivity contribution in [1.82, 2.24) is 14.8 Å². The van der Waals surface area contributed by atoms with Crippen molar-refractivity contribution in [3.63, 3.8) is 0 Å². The molecule has 0 aromatic carbocycles. The van der Waals surface area contributed by atoms with Crippen LogP contribution in [0, 0.1) is 5.92 Å². The van der Waals surface area contributed by atoms with E-state index in [1.807, 2.05) is 22.4 Å². The van der Waals surface area contributed by atoms with Gasteiger partial charge in [0.15, 0.2) is 5.82 Å². The maximum Gasteiger partial charge on any atom is 0.270 e. The van der Waals surface area contributed by atoms with E-state index in [1.54, 1.807) is 0 Å². The van der Waals surface area contributed by atoms with Gasteiger partial charge in [-0.15, -0.1) is 11.3 Å². The molecule has 1 spiro atoms. The van der Waals surface area contributed by atoms with Gasteiger partial charge in [-0.05, 0) is 37.1 Å². The summed E-state index contributed by atoms with van der Waals surface area (Å²) in [5.74, 6) is 2.31. The number of thiophene rings is 1. The summed E-state index contributed by atoms with van der Waals surface area (Å²) in [5, 5.41) is 6.95. The Morgan fingerprint density at radius 1 is 1.22 bits per heavy atom. The smallest absolute Gasteiger partial charge is 0.270 e. The van der Waals surface area contributed by atoms with Crippen LogP contribution < -0.4 is 4.90 Å². The first-order valence-corrected chi connectivity index (χ1v) is 11.5. The highest BCUT2D eigenvalue weighted by Crippen LogP contribution is 2.53. The van der Waals surface area contributed by atoms with Crippen LogP contribution in [0.2, 0.25) is 0 Å². The maximum atomic E-state index is 13.5. The predicted octanol–water partition coefficient (Wildman–Crippen LogP) is 4.78. The molecule has 2 fully saturated rings. The number of anilines is 1. The Bertz CT molecular complexity index is 821. The van der Waals surface area contributed by atoms with Crippen LogP contribution >= 0.6 is 11.3 Å². The van der Waals surface area contributed by atoms with E-state index in [9.17, 15) is 4.79 Å². The number of carbonyl (C=O) groups excluding carboxylic acids is 1. The van der Waals surface area contributed by atoms with Crippen molar-refractivity contribution in [2.24, 2.45) is 5.92 Å². The highest BCUT2D eigenvalue weighted by Gasteiger charge is 2.55. The molecule has 5 rings (SSSR count). The first kappa shape index (κ1) is 17.4. The fourth-order valence-corrected chi connectivity index (χ4v) is 6.47. The molecule has 144 valence electrons. The molecule has 6 heteroatoms. The van der Waals surface area contributed by atoms with Gasteiger partial charge in [0.25, 0.3) is 5.91 Å². The fraction of sp³-hybridized carbons (Fsp3) is 0.667. The van der Waals surface area contributed by atoms with Crippen LogP contribution in [0.5, 0.6) is 0 Å². The summed E-state index contributed by atoms with van der Waals surface area (Å²) in [6, 6.07) is 4.18. The summed E-state index contributed by atoms with van der Waals surface area (Å²) in [7, 11) is 0. The van der Waals surface area contributed by atoms with Crippen molar-refractivity contribution >= 4 is 23.2 Å². The number of hydrogen-bond donors (Lipinski definition) is 0. The summed E-state index contributed by atoms with van der Waals surface area (Å²) in [4.78, 5) is 21.2. The van der Waals surface area contributed by atoms with E-state index in [0.717, 1.165) is 29.5 Å². The molecule has 0 N–H and O–H groups in total. The van der Waals surface area contributed by atoms with Crippen LogP contribution in [-0.2, 0) is 12.0 Å². The van der Waals surface area contributed by atoms with Crippen molar-refractivity contribution in [1.29, 1.82) is 0 Å². The molecule has 1 amide bonds. The lowest BCUT2D eigenvalue weighted by atomic mass is 9.64. The summed E-state index contributed by atoms with van der Waals surface area (Å²) in [6.07, 6.45) is 11.8. The zero-order valence-corrected chi connectivity index (χ0v) is 16.9. The number of fused-ring (bicyclic) bond motifs is 4. The summed E-state index contributed by atoms with van der Waals surface area (Å²) >= 11 is 1.53. The van der Waals surface area contributed by atoms with Gasteiger partial charge in [-0.3, -0.25) is 9.69 Å². The molecule has 3 aliphatic rings. The minimum Gasteiger partial charge on any atom is -0.273 e. The third-order valence-corrected chi connectivity index (χ3v) is 7.87. The molecule has 0 unspecified atom stereocenters. The highest BCUT2D eigenvalue weighted by atomic mass is 32.1. The average Bonchev–Trinajstić information content (AvgIpc) is 3.39. The Balaban J connectivity index is 1.68. The topological polar surface area (TPSA) is 51.0 Å². The molecule has 2 aromatic rings. The number of aromatic nitrogens is 3. The predicted molar refractivity (Wildman–Crippen MR) is 107 cm³/mol. The molecule has 2 aromatic heterocycles. The number of rotatable bonds is 2. The summed E-state index contributed by atoms with van der Waals surface area (Å²) < 4.78 is 2.21. The number of amides is 1. The molecule has 3 heterocycles. The van der Waals surface area contributed by atoms with E-state index < -0.39 is 0 Å². The second-order valence-corrected chi connectivity index (χ2v) is 9.32. The lowest BCUT2D eigenvalue weighted by Gasteiger charge is -2.55. The SMILES string of the molecule is CCc1nc2n(n1)C1(CCCCC1)[C@@H]1CCCC[C@@H]1N2C(=O)c1cccs1. The largest absolute Gasteiger partial charge is 0.273 e. The monoisotopic (exact) mass is 384 g/mol. The third kappa shape index (κ3) is 2.59. The van der Waals surface area contributed by atoms with Crippen LogP contribution in [-0.4, -0.2) is 26.7 Å². The van der Waals surface area contributed by atoms with Crippen molar-refractivity contribution in [3.05, 3.63) is 28.2 Å². The van der Waals surface area contributed by atoms with Gasteiger partial charge >= 0.3 is 0 Å². The van der Waals surface area contributed by atoms with Gasteiger partial charge in [0.1, 0.15) is 0 Å². The quantitative estimate of drug-likeness (QED) is 0.749. The van der Waals surface area contributed by atoms with E-state index in [4.69, 9.17) is 10.1 Å². The first-order chi connectivity index (χ1) is 13.2. The number of nitrogens with zero attached hydrogens (tertiary/aromatic N) is 4. The lowest BCUT2D eigenvalue weighted by molar-refractivity contribution is 0.0312. The Morgan fingerprint density at radius 3 is 2.78 bits per heavy atom. The molecular formula is C21H28N4OS. The Hall–Kier alpha value is -1.69. The van der Waals surface area contributed by atoms with Gasteiger partial charge in [-0.2, -0.15) is 10.1 Å². The van der Waals surface area contributed by atoms with Gasteiger partial charge in [0, 0.05) is 18.4 Å². The van der Waals surface area contributed by atoms with Crippen LogP contribution in [0.4, 0.5) is 5.95 Å².